The van der Waals surface area contributed by atoms with Gasteiger partial charge in [-0.15, -0.1) is 0 Å². The summed E-state index contributed by atoms with van der Waals surface area (Å²) in [6.07, 6.45) is 3.14. The molecule has 7 nitrogen and oxygen atoms in total. The van der Waals surface area contributed by atoms with Crippen LogP contribution in [0.2, 0.25) is 0 Å². The Bertz CT molecular complexity index is 1130. The van der Waals surface area contributed by atoms with Crippen molar-refractivity contribution in [3.8, 4) is 23.1 Å². The summed E-state index contributed by atoms with van der Waals surface area (Å²) < 4.78 is 5.34. The van der Waals surface area contributed by atoms with Crippen LogP contribution >= 0.6 is 0 Å². The van der Waals surface area contributed by atoms with E-state index in [0.29, 0.717) is 48.9 Å². The number of benzene rings is 1. The number of aromatic nitrogens is 3. The summed E-state index contributed by atoms with van der Waals surface area (Å²) >= 11 is 0. The fraction of sp³-hybridized carbons (Fsp3) is 0.217. The van der Waals surface area contributed by atoms with Crippen molar-refractivity contribution in [2.75, 3.05) is 32.0 Å². The van der Waals surface area contributed by atoms with E-state index in [2.05, 4.69) is 26.8 Å². The SMILES string of the molecule is Cc1ncnc(-c2cccc(C(=O)N3CCOCC3)c2)c1C#Cc1ccc(N)nc1. The van der Waals surface area contributed by atoms with E-state index in [-0.39, 0.29) is 5.91 Å². The number of nitrogens with zero attached hydrogens (tertiary/aromatic N) is 4. The van der Waals surface area contributed by atoms with Gasteiger partial charge >= 0.3 is 0 Å². The Kier molecular flexibility index (Phi) is 5.68. The predicted molar refractivity (Wildman–Crippen MR) is 114 cm³/mol. The zero-order chi connectivity index (χ0) is 20.9. The van der Waals surface area contributed by atoms with Crippen LogP contribution in [0.3, 0.4) is 0 Å². The van der Waals surface area contributed by atoms with E-state index in [1.807, 2.05) is 42.2 Å². The fourth-order valence-corrected chi connectivity index (χ4v) is 3.20. The number of rotatable bonds is 2. The molecular formula is C23H21N5O2. The first-order valence-electron chi connectivity index (χ1n) is 9.64. The predicted octanol–water partition coefficient (Wildman–Crippen LogP) is 2.30. The lowest BCUT2D eigenvalue weighted by molar-refractivity contribution is 0.0303. The largest absolute Gasteiger partial charge is 0.384 e. The molecule has 0 saturated carbocycles. The minimum atomic E-state index is -0.00786. The van der Waals surface area contributed by atoms with Crippen LogP contribution in [0.25, 0.3) is 11.3 Å². The maximum atomic E-state index is 12.9. The summed E-state index contributed by atoms with van der Waals surface area (Å²) in [4.78, 5) is 27.5. The molecule has 3 aromatic rings. The highest BCUT2D eigenvalue weighted by Crippen LogP contribution is 2.24. The number of ether oxygens (including phenoxy) is 1. The van der Waals surface area contributed by atoms with Gasteiger partial charge in [0.05, 0.1) is 30.2 Å². The van der Waals surface area contributed by atoms with Crippen LogP contribution in [0.1, 0.15) is 27.2 Å². The molecule has 1 aliphatic heterocycles. The van der Waals surface area contributed by atoms with E-state index in [0.717, 1.165) is 16.8 Å². The Labute approximate surface area is 174 Å². The minimum Gasteiger partial charge on any atom is -0.384 e. The van der Waals surface area contributed by atoms with Gasteiger partial charge in [-0.2, -0.15) is 0 Å². The number of aryl methyl sites for hydroxylation is 1. The molecular weight excluding hydrogens is 378 g/mol. The molecule has 0 unspecified atom stereocenters. The summed E-state index contributed by atoms with van der Waals surface area (Å²) in [6.45, 7) is 4.22. The number of carbonyl (C=O) groups is 1. The molecule has 1 fully saturated rings. The van der Waals surface area contributed by atoms with Gasteiger partial charge in [-0.1, -0.05) is 24.0 Å². The normalized spacial score (nSPS) is 13.4. The molecule has 30 heavy (non-hydrogen) atoms. The fourth-order valence-electron chi connectivity index (χ4n) is 3.20. The van der Waals surface area contributed by atoms with Crippen LogP contribution in [0.4, 0.5) is 5.82 Å². The molecule has 2 N–H and O–H groups in total. The standard InChI is InChI=1S/C23H21N5O2/c1-16-20(7-5-17-6-8-21(24)25-14-17)22(27-15-26-16)18-3-2-4-19(13-18)23(29)28-9-11-30-12-10-28/h2-4,6,8,13-15H,9-12H2,1H3,(H2,24,25). The summed E-state index contributed by atoms with van der Waals surface area (Å²) in [7, 11) is 0. The van der Waals surface area contributed by atoms with Crippen LogP contribution in [-0.4, -0.2) is 52.1 Å². The second-order valence-corrected chi connectivity index (χ2v) is 6.89. The first kappa shape index (κ1) is 19.6. The van der Waals surface area contributed by atoms with E-state index >= 15 is 0 Å². The summed E-state index contributed by atoms with van der Waals surface area (Å²) in [5, 5.41) is 0. The van der Waals surface area contributed by atoms with Crippen molar-refractivity contribution in [3.05, 3.63) is 71.3 Å². The molecule has 1 amide bonds. The monoisotopic (exact) mass is 399 g/mol. The summed E-state index contributed by atoms with van der Waals surface area (Å²) in [5.74, 6) is 6.69. The average molecular weight is 399 g/mol. The Morgan fingerprint density at radius 1 is 1.10 bits per heavy atom. The molecule has 150 valence electrons. The number of nitrogen functional groups attached to an aromatic ring is 1. The highest BCUT2D eigenvalue weighted by molar-refractivity contribution is 5.95. The number of hydrogen-bond acceptors (Lipinski definition) is 6. The number of anilines is 1. The van der Waals surface area contributed by atoms with Gasteiger partial charge in [0.1, 0.15) is 12.1 Å². The van der Waals surface area contributed by atoms with Crippen LogP contribution < -0.4 is 5.73 Å². The zero-order valence-electron chi connectivity index (χ0n) is 16.6. The van der Waals surface area contributed by atoms with Crippen molar-refractivity contribution in [2.24, 2.45) is 0 Å². The summed E-state index contributed by atoms with van der Waals surface area (Å²) in [5.41, 5.74) is 9.98. The van der Waals surface area contributed by atoms with Crippen molar-refractivity contribution in [2.45, 2.75) is 6.92 Å². The second kappa shape index (κ2) is 8.72. The molecule has 3 heterocycles. The summed E-state index contributed by atoms with van der Waals surface area (Å²) in [6, 6.07) is 11.0. The first-order chi connectivity index (χ1) is 14.6. The number of hydrogen-bond donors (Lipinski definition) is 1. The molecule has 0 atom stereocenters. The number of amides is 1. The van der Waals surface area contributed by atoms with Crippen molar-refractivity contribution in [1.29, 1.82) is 0 Å². The highest BCUT2D eigenvalue weighted by atomic mass is 16.5. The van der Waals surface area contributed by atoms with Crippen LogP contribution in [-0.2, 0) is 4.74 Å². The van der Waals surface area contributed by atoms with Gasteiger partial charge in [-0.3, -0.25) is 4.79 Å². The van der Waals surface area contributed by atoms with Gasteiger partial charge in [0, 0.05) is 36.0 Å². The van der Waals surface area contributed by atoms with Gasteiger partial charge in [-0.25, -0.2) is 15.0 Å². The number of carbonyl (C=O) groups excluding carboxylic acids is 1. The van der Waals surface area contributed by atoms with Gasteiger partial charge in [-0.05, 0) is 31.2 Å². The van der Waals surface area contributed by atoms with Crippen molar-refractivity contribution in [1.82, 2.24) is 19.9 Å². The van der Waals surface area contributed by atoms with Crippen LogP contribution in [0, 0.1) is 18.8 Å². The Hall–Kier alpha value is -3.76. The van der Waals surface area contributed by atoms with Gasteiger partial charge < -0.3 is 15.4 Å². The van der Waals surface area contributed by atoms with E-state index in [4.69, 9.17) is 10.5 Å². The van der Waals surface area contributed by atoms with Gasteiger partial charge in [0.25, 0.3) is 5.91 Å². The number of morpholine rings is 1. The average Bonchev–Trinajstić information content (AvgIpc) is 2.79. The van der Waals surface area contributed by atoms with Gasteiger partial charge in [0.2, 0.25) is 0 Å². The third-order valence-corrected chi connectivity index (χ3v) is 4.84. The smallest absolute Gasteiger partial charge is 0.254 e. The number of nitrogens with two attached hydrogens (primary N) is 1. The van der Waals surface area contributed by atoms with Gasteiger partial charge in [0.15, 0.2) is 0 Å². The van der Waals surface area contributed by atoms with Crippen LogP contribution in [0.5, 0.6) is 0 Å². The third kappa shape index (κ3) is 4.29. The minimum absolute atomic E-state index is 0.00786. The molecule has 1 saturated heterocycles. The Morgan fingerprint density at radius 3 is 2.70 bits per heavy atom. The van der Waals surface area contributed by atoms with E-state index in [1.54, 1.807) is 12.3 Å². The maximum absolute atomic E-state index is 12.9. The third-order valence-electron chi connectivity index (χ3n) is 4.84. The molecule has 0 spiro atoms. The zero-order valence-corrected chi connectivity index (χ0v) is 16.6. The molecule has 2 aromatic heterocycles. The first-order valence-corrected chi connectivity index (χ1v) is 9.64. The Balaban J connectivity index is 1.69. The molecule has 0 radical (unpaired) electrons. The quantitative estimate of drug-likeness (QED) is 0.665. The second-order valence-electron chi connectivity index (χ2n) is 6.89. The lowest BCUT2D eigenvalue weighted by atomic mass is 10.0. The lowest BCUT2D eigenvalue weighted by Gasteiger charge is -2.27. The lowest BCUT2D eigenvalue weighted by Crippen LogP contribution is -2.40. The van der Waals surface area contributed by atoms with E-state index in [1.165, 1.54) is 6.33 Å². The molecule has 0 bridgehead atoms. The molecule has 7 heteroatoms. The van der Waals surface area contributed by atoms with Crippen molar-refractivity contribution < 1.29 is 9.53 Å². The maximum Gasteiger partial charge on any atom is 0.254 e. The topological polar surface area (TPSA) is 94.2 Å². The van der Waals surface area contributed by atoms with Crippen molar-refractivity contribution in [3.63, 3.8) is 0 Å². The molecule has 1 aromatic carbocycles. The van der Waals surface area contributed by atoms with E-state index in [9.17, 15) is 4.79 Å². The molecule has 4 rings (SSSR count). The molecule has 0 aliphatic carbocycles. The number of pyridine rings is 1. The molecule has 1 aliphatic rings. The highest BCUT2D eigenvalue weighted by Gasteiger charge is 2.19. The Morgan fingerprint density at radius 2 is 1.93 bits per heavy atom. The van der Waals surface area contributed by atoms with Crippen molar-refractivity contribution >= 4 is 11.7 Å². The van der Waals surface area contributed by atoms with E-state index < -0.39 is 0 Å². The van der Waals surface area contributed by atoms with Crippen LogP contribution in [0.15, 0.2) is 48.9 Å².